The molecule has 144 valence electrons. The van der Waals surface area contributed by atoms with Crippen molar-refractivity contribution in [2.24, 2.45) is 0 Å². The summed E-state index contributed by atoms with van der Waals surface area (Å²) in [6.45, 7) is 0. The Kier molecular flexibility index (Phi) is 4.39. The van der Waals surface area contributed by atoms with E-state index in [1.54, 1.807) is 0 Å². The molecule has 0 atom stereocenters. The van der Waals surface area contributed by atoms with E-state index in [-0.39, 0.29) is 5.97 Å². The zero-order valence-electron chi connectivity index (χ0n) is 16.3. The van der Waals surface area contributed by atoms with Crippen LogP contribution >= 0.6 is 0 Å². The predicted octanol–water partition coefficient (Wildman–Crippen LogP) is 5.48. The summed E-state index contributed by atoms with van der Waals surface area (Å²) in [6.07, 6.45) is 6.91. The van der Waals surface area contributed by atoms with Gasteiger partial charge in [-0.2, -0.15) is 0 Å². The number of hydrogen-bond donors (Lipinski definition) is 1. The highest BCUT2D eigenvalue weighted by molar-refractivity contribution is 5.96. The van der Waals surface area contributed by atoms with Gasteiger partial charge in [0.15, 0.2) is 0 Å². The quantitative estimate of drug-likeness (QED) is 0.465. The van der Waals surface area contributed by atoms with Gasteiger partial charge in [0.05, 0.1) is 18.4 Å². The fourth-order valence-corrected chi connectivity index (χ4v) is 3.90. The highest BCUT2D eigenvalue weighted by atomic mass is 16.5. The van der Waals surface area contributed by atoms with Crippen LogP contribution in [0.3, 0.4) is 0 Å². The summed E-state index contributed by atoms with van der Waals surface area (Å²) < 4.78 is 5.02. The van der Waals surface area contributed by atoms with Crippen LogP contribution in [0.25, 0.3) is 22.0 Å². The number of fused-ring (bicyclic) bond motifs is 1. The molecule has 1 aliphatic carbocycles. The van der Waals surface area contributed by atoms with Gasteiger partial charge in [-0.05, 0) is 53.6 Å². The number of carbonyl (C=O) groups is 1. The minimum absolute atomic E-state index is 0.317. The van der Waals surface area contributed by atoms with Gasteiger partial charge in [-0.1, -0.05) is 36.4 Å². The standard InChI is InChI=1S/C25H22N2O2/c1-29-25(28)21-13-19(17-8-9-17)14-26-24(21)12-16-7-10-23-20(11-16)22(15-27-23)18-5-3-2-4-6-18/h2-7,10-11,13-15,17,27H,8-9,12H2,1H3. The molecule has 4 heteroatoms. The van der Waals surface area contributed by atoms with Crippen LogP contribution in [-0.2, 0) is 11.2 Å². The molecule has 2 aromatic carbocycles. The third kappa shape index (κ3) is 3.42. The second-order valence-corrected chi connectivity index (χ2v) is 7.65. The number of methoxy groups -OCH3 is 1. The molecular weight excluding hydrogens is 360 g/mol. The summed E-state index contributed by atoms with van der Waals surface area (Å²) in [5.41, 5.74) is 7.04. The number of H-pyrrole nitrogens is 1. The van der Waals surface area contributed by atoms with E-state index in [1.165, 1.54) is 36.5 Å². The first-order chi connectivity index (χ1) is 14.2. The first kappa shape index (κ1) is 17.7. The number of aromatic amines is 1. The van der Waals surface area contributed by atoms with Crippen LogP contribution < -0.4 is 0 Å². The molecule has 0 unspecified atom stereocenters. The van der Waals surface area contributed by atoms with E-state index in [2.05, 4.69) is 40.3 Å². The summed E-state index contributed by atoms with van der Waals surface area (Å²) in [7, 11) is 1.42. The fraction of sp³-hybridized carbons (Fsp3) is 0.200. The Morgan fingerprint density at radius 2 is 1.97 bits per heavy atom. The van der Waals surface area contributed by atoms with Crippen molar-refractivity contribution in [2.45, 2.75) is 25.2 Å². The maximum absolute atomic E-state index is 12.4. The third-order valence-electron chi connectivity index (χ3n) is 5.65. The number of carbonyl (C=O) groups excluding carboxylic acids is 1. The molecule has 2 aromatic heterocycles. The third-order valence-corrected chi connectivity index (χ3v) is 5.65. The Bertz CT molecular complexity index is 1190. The summed E-state index contributed by atoms with van der Waals surface area (Å²) in [4.78, 5) is 20.4. The molecule has 1 saturated carbocycles. The van der Waals surface area contributed by atoms with Crippen molar-refractivity contribution < 1.29 is 9.53 Å². The predicted molar refractivity (Wildman–Crippen MR) is 114 cm³/mol. The average molecular weight is 382 g/mol. The minimum Gasteiger partial charge on any atom is -0.465 e. The average Bonchev–Trinajstić information content (AvgIpc) is 3.53. The normalized spacial score (nSPS) is 13.6. The van der Waals surface area contributed by atoms with Crippen LogP contribution in [0.1, 0.15) is 45.9 Å². The van der Waals surface area contributed by atoms with Gasteiger partial charge in [0, 0.05) is 35.3 Å². The smallest absolute Gasteiger partial charge is 0.339 e. The van der Waals surface area contributed by atoms with Crippen molar-refractivity contribution in [1.82, 2.24) is 9.97 Å². The van der Waals surface area contributed by atoms with Gasteiger partial charge in [0.1, 0.15) is 0 Å². The maximum Gasteiger partial charge on any atom is 0.339 e. The van der Waals surface area contributed by atoms with E-state index in [9.17, 15) is 4.79 Å². The molecule has 2 heterocycles. The summed E-state index contributed by atoms with van der Waals surface area (Å²) in [5.74, 6) is 0.229. The Hall–Kier alpha value is -3.40. The van der Waals surface area contributed by atoms with Crippen LogP contribution in [0.4, 0.5) is 0 Å². The van der Waals surface area contributed by atoms with Crippen LogP contribution in [0.2, 0.25) is 0 Å². The van der Waals surface area contributed by atoms with Crippen LogP contribution in [0.15, 0.2) is 67.0 Å². The first-order valence-corrected chi connectivity index (χ1v) is 9.95. The number of ether oxygens (including phenoxy) is 1. The van der Waals surface area contributed by atoms with E-state index in [0.29, 0.717) is 17.9 Å². The molecule has 0 aliphatic heterocycles. The van der Waals surface area contributed by atoms with Gasteiger partial charge in [0.25, 0.3) is 0 Å². The number of esters is 1. The van der Waals surface area contributed by atoms with E-state index in [4.69, 9.17) is 4.74 Å². The van der Waals surface area contributed by atoms with Gasteiger partial charge in [0.2, 0.25) is 0 Å². The molecule has 1 aliphatic rings. The number of nitrogens with one attached hydrogen (secondary N) is 1. The lowest BCUT2D eigenvalue weighted by atomic mass is 9.99. The molecule has 0 bridgehead atoms. The lowest BCUT2D eigenvalue weighted by molar-refractivity contribution is 0.0599. The summed E-state index contributed by atoms with van der Waals surface area (Å²) in [5, 5.41) is 1.17. The zero-order valence-corrected chi connectivity index (χ0v) is 16.3. The molecule has 1 fully saturated rings. The second kappa shape index (κ2) is 7.21. The van der Waals surface area contributed by atoms with Gasteiger partial charge in [-0.15, -0.1) is 0 Å². The minimum atomic E-state index is -0.317. The molecule has 0 radical (unpaired) electrons. The van der Waals surface area contributed by atoms with E-state index >= 15 is 0 Å². The van der Waals surface area contributed by atoms with Crippen LogP contribution in [0.5, 0.6) is 0 Å². The van der Waals surface area contributed by atoms with Gasteiger partial charge in [-0.3, -0.25) is 4.98 Å². The summed E-state index contributed by atoms with van der Waals surface area (Å²) >= 11 is 0. The Morgan fingerprint density at radius 1 is 1.14 bits per heavy atom. The van der Waals surface area contributed by atoms with Crippen molar-refractivity contribution in [3.05, 3.63) is 89.4 Å². The van der Waals surface area contributed by atoms with Crippen molar-refractivity contribution in [3.8, 4) is 11.1 Å². The monoisotopic (exact) mass is 382 g/mol. The van der Waals surface area contributed by atoms with Crippen LogP contribution in [0, 0.1) is 0 Å². The number of hydrogen-bond acceptors (Lipinski definition) is 3. The van der Waals surface area contributed by atoms with Crippen molar-refractivity contribution in [1.29, 1.82) is 0 Å². The Balaban J connectivity index is 1.53. The van der Waals surface area contributed by atoms with Crippen molar-refractivity contribution in [3.63, 3.8) is 0 Å². The number of aromatic nitrogens is 2. The van der Waals surface area contributed by atoms with Crippen LogP contribution in [-0.4, -0.2) is 23.0 Å². The lowest BCUT2D eigenvalue weighted by Gasteiger charge is -2.10. The molecule has 1 N–H and O–H groups in total. The van der Waals surface area contributed by atoms with E-state index in [0.717, 1.165) is 22.3 Å². The molecule has 5 rings (SSSR count). The molecule has 29 heavy (non-hydrogen) atoms. The number of benzene rings is 2. The maximum atomic E-state index is 12.4. The van der Waals surface area contributed by atoms with E-state index in [1.807, 2.05) is 36.7 Å². The van der Waals surface area contributed by atoms with Gasteiger partial charge >= 0.3 is 5.97 Å². The molecule has 0 amide bonds. The Morgan fingerprint density at radius 3 is 2.72 bits per heavy atom. The second-order valence-electron chi connectivity index (χ2n) is 7.65. The van der Waals surface area contributed by atoms with Gasteiger partial charge < -0.3 is 9.72 Å². The van der Waals surface area contributed by atoms with Crippen molar-refractivity contribution in [2.75, 3.05) is 7.11 Å². The SMILES string of the molecule is COC(=O)c1cc(C2CC2)cnc1Cc1ccc2[nH]cc(-c3ccccc3)c2c1. The van der Waals surface area contributed by atoms with Gasteiger partial charge in [-0.25, -0.2) is 4.79 Å². The topological polar surface area (TPSA) is 55.0 Å². The molecule has 0 spiro atoms. The molecule has 4 aromatic rings. The highest BCUT2D eigenvalue weighted by Crippen LogP contribution is 2.40. The lowest BCUT2D eigenvalue weighted by Crippen LogP contribution is -2.09. The number of nitrogens with zero attached hydrogens (tertiary/aromatic N) is 1. The largest absolute Gasteiger partial charge is 0.465 e. The first-order valence-electron chi connectivity index (χ1n) is 9.95. The number of rotatable bonds is 5. The van der Waals surface area contributed by atoms with E-state index < -0.39 is 0 Å². The molecule has 0 saturated heterocycles. The number of pyridine rings is 1. The molecule has 4 nitrogen and oxygen atoms in total. The van der Waals surface area contributed by atoms with Crippen molar-refractivity contribution >= 4 is 16.9 Å². The molecular formula is C25H22N2O2. The zero-order chi connectivity index (χ0) is 19.8. The summed E-state index contributed by atoms with van der Waals surface area (Å²) in [6, 6.07) is 18.7. The highest BCUT2D eigenvalue weighted by Gasteiger charge is 2.26. The Labute approximate surface area is 169 Å². The fourth-order valence-electron chi connectivity index (χ4n) is 3.90.